The number of thioether (sulfide) groups is 1. The van der Waals surface area contributed by atoms with Crippen molar-refractivity contribution in [1.29, 1.82) is 0 Å². The highest BCUT2D eigenvalue weighted by Crippen LogP contribution is 2.15. The second-order valence-electron chi connectivity index (χ2n) is 4.44. The Morgan fingerprint density at radius 3 is 2.64 bits per heavy atom. The maximum absolute atomic E-state index is 13.1. The molecule has 7 heteroatoms. The Hall–Kier alpha value is -1.99. The van der Waals surface area contributed by atoms with Crippen molar-refractivity contribution in [3.63, 3.8) is 0 Å². The van der Waals surface area contributed by atoms with E-state index in [9.17, 15) is 13.6 Å². The summed E-state index contributed by atoms with van der Waals surface area (Å²) < 4.78 is 26.2. The fourth-order valence-electron chi connectivity index (χ4n) is 1.76. The van der Waals surface area contributed by atoms with E-state index < -0.39 is 17.5 Å². The van der Waals surface area contributed by atoms with Gasteiger partial charge in [0, 0.05) is 29.3 Å². The van der Waals surface area contributed by atoms with Gasteiger partial charge in [-0.25, -0.2) is 13.8 Å². The lowest BCUT2D eigenvalue weighted by molar-refractivity contribution is 0.102. The minimum absolute atomic E-state index is 0.102. The van der Waals surface area contributed by atoms with Gasteiger partial charge in [-0.1, -0.05) is 0 Å². The number of nitrogens with one attached hydrogen (secondary N) is 1. The van der Waals surface area contributed by atoms with Gasteiger partial charge in [-0.05, 0) is 29.8 Å². The van der Waals surface area contributed by atoms with E-state index >= 15 is 0 Å². The quantitative estimate of drug-likeness (QED) is 0.802. The van der Waals surface area contributed by atoms with Gasteiger partial charge in [-0.15, -0.1) is 0 Å². The second-order valence-corrected chi connectivity index (χ2v) is 5.54. The molecule has 1 aromatic carbocycles. The van der Waals surface area contributed by atoms with Crippen LogP contribution in [0.2, 0.25) is 0 Å². The number of aromatic nitrogens is 1. The molecular formula is C15H14F2N2O2S. The summed E-state index contributed by atoms with van der Waals surface area (Å²) in [5, 5.41) is 11.2. The van der Waals surface area contributed by atoms with Crippen LogP contribution in [0.3, 0.4) is 0 Å². The Morgan fingerprint density at radius 2 is 1.95 bits per heavy atom. The highest BCUT2D eigenvalue weighted by Gasteiger charge is 2.10. The number of aliphatic hydroxyl groups excluding tert-OH is 1. The smallest absolute Gasteiger partial charge is 0.257 e. The zero-order chi connectivity index (χ0) is 15.9. The monoisotopic (exact) mass is 324 g/mol. The van der Waals surface area contributed by atoms with Crippen LogP contribution in [0.15, 0.2) is 36.5 Å². The summed E-state index contributed by atoms with van der Waals surface area (Å²) in [5.74, 6) is -0.671. The van der Waals surface area contributed by atoms with Gasteiger partial charge in [0.2, 0.25) is 0 Å². The Labute approximate surface area is 130 Å². The molecule has 1 aromatic heterocycles. The van der Waals surface area contributed by atoms with Gasteiger partial charge < -0.3 is 10.4 Å². The van der Waals surface area contributed by atoms with Crippen LogP contribution in [0.1, 0.15) is 15.9 Å². The van der Waals surface area contributed by atoms with Crippen LogP contribution >= 0.6 is 11.8 Å². The maximum Gasteiger partial charge on any atom is 0.257 e. The number of hydrogen-bond donors (Lipinski definition) is 2. The van der Waals surface area contributed by atoms with Crippen LogP contribution < -0.4 is 5.32 Å². The summed E-state index contributed by atoms with van der Waals surface area (Å²) in [5.41, 5.74) is 0.813. The van der Waals surface area contributed by atoms with Gasteiger partial charge in [-0.3, -0.25) is 4.79 Å². The van der Waals surface area contributed by atoms with E-state index in [1.54, 1.807) is 23.9 Å². The lowest BCUT2D eigenvalue weighted by Gasteiger charge is -2.07. The van der Waals surface area contributed by atoms with E-state index in [-0.39, 0.29) is 12.2 Å². The second kappa shape index (κ2) is 7.86. The Kier molecular flexibility index (Phi) is 5.85. The highest BCUT2D eigenvalue weighted by atomic mass is 32.2. The molecule has 0 radical (unpaired) electrons. The molecule has 4 nitrogen and oxygen atoms in total. The molecular weight excluding hydrogens is 310 g/mol. The van der Waals surface area contributed by atoms with E-state index in [1.807, 2.05) is 0 Å². The number of benzene rings is 1. The van der Waals surface area contributed by atoms with Gasteiger partial charge in [0.1, 0.15) is 17.5 Å². The van der Waals surface area contributed by atoms with E-state index in [0.717, 1.165) is 17.7 Å². The zero-order valence-electron chi connectivity index (χ0n) is 11.6. The molecule has 0 bridgehead atoms. The van der Waals surface area contributed by atoms with Gasteiger partial charge >= 0.3 is 0 Å². The van der Waals surface area contributed by atoms with Crippen LogP contribution in [0.5, 0.6) is 0 Å². The molecule has 0 unspecified atom stereocenters. The van der Waals surface area contributed by atoms with E-state index in [0.29, 0.717) is 23.4 Å². The fraction of sp³-hybridized carbons (Fsp3) is 0.200. The molecule has 0 saturated heterocycles. The Bertz CT molecular complexity index is 647. The summed E-state index contributed by atoms with van der Waals surface area (Å²) in [6.07, 6.45) is 1.54. The molecule has 2 aromatic rings. The third-order valence-corrected chi connectivity index (χ3v) is 3.70. The minimum atomic E-state index is -0.813. The largest absolute Gasteiger partial charge is 0.396 e. The van der Waals surface area contributed by atoms with E-state index in [4.69, 9.17) is 5.11 Å². The van der Waals surface area contributed by atoms with Crippen LogP contribution in [0.25, 0.3) is 0 Å². The van der Waals surface area contributed by atoms with Crippen LogP contribution in [-0.2, 0) is 5.75 Å². The summed E-state index contributed by atoms with van der Waals surface area (Å²) in [6.45, 7) is 0.102. The molecule has 0 spiro atoms. The van der Waals surface area contributed by atoms with Crippen molar-refractivity contribution in [2.45, 2.75) is 5.75 Å². The minimum Gasteiger partial charge on any atom is -0.396 e. The average molecular weight is 324 g/mol. The number of rotatable bonds is 6. The first kappa shape index (κ1) is 16.4. The molecule has 2 N–H and O–H groups in total. The van der Waals surface area contributed by atoms with Crippen molar-refractivity contribution in [3.05, 3.63) is 59.3 Å². The lowest BCUT2D eigenvalue weighted by Crippen LogP contribution is -2.13. The average Bonchev–Trinajstić information content (AvgIpc) is 2.47. The van der Waals surface area contributed by atoms with Gasteiger partial charge in [-0.2, -0.15) is 11.8 Å². The van der Waals surface area contributed by atoms with Gasteiger partial charge in [0.05, 0.1) is 6.61 Å². The summed E-state index contributed by atoms with van der Waals surface area (Å²) in [7, 11) is 0. The number of nitrogens with zero attached hydrogens (tertiary/aromatic N) is 1. The van der Waals surface area contributed by atoms with Crippen LogP contribution in [-0.4, -0.2) is 28.4 Å². The van der Waals surface area contributed by atoms with Crippen molar-refractivity contribution in [2.75, 3.05) is 17.7 Å². The molecule has 0 saturated carbocycles. The molecule has 22 heavy (non-hydrogen) atoms. The lowest BCUT2D eigenvalue weighted by atomic mass is 10.2. The number of anilines is 1. The van der Waals surface area contributed by atoms with Crippen molar-refractivity contribution in [1.82, 2.24) is 4.98 Å². The number of hydrogen-bond acceptors (Lipinski definition) is 4. The number of pyridine rings is 1. The number of amides is 1. The zero-order valence-corrected chi connectivity index (χ0v) is 12.4. The predicted molar refractivity (Wildman–Crippen MR) is 81.8 cm³/mol. The Balaban J connectivity index is 2.06. The number of carbonyl (C=O) groups is 1. The van der Waals surface area contributed by atoms with Crippen molar-refractivity contribution in [2.24, 2.45) is 0 Å². The van der Waals surface area contributed by atoms with Gasteiger partial charge in [0.25, 0.3) is 5.91 Å². The molecule has 1 amide bonds. The van der Waals surface area contributed by atoms with Crippen molar-refractivity contribution in [3.8, 4) is 0 Å². The number of aliphatic hydroxyl groups is 1. The number of carbonyl (C=O) groups excluding carboxylic acids is 1. The van der Waals surface area contributed by atoms with Crippen molar-refractivity contribution < 1.29 is 18.7 Å². The van der Waals surface area contributed by atoms with Crippen LogP contribution in [0.4, 0.5) is 14.6 Å². The molecule has 0 fully saturated rings. The summed E-state index contributed by atoms with van der Waals surface area (Å²) in [6, 6.07) is 6.09. The standard InChI is InChI=1S/C15H14F2N2O2S/c16-12-6-11(7-13(17)8-12)15(21)19-14-5-10(1-2-18-14)9-22-4-3-20/h1-2,5-8,20H,3-4,9H2,(H,18,19,21). The molecule has 1 heterocycles. The first-order valence-electron chi connectivity index (χ1n) is 6.49. The summed E-state index contributed by atoms with van der Waals surface area (Å²) >= 11 is 1.54. The SMILES string of the molecule is O=C(Nc1cc(CSCCO)ccn1)c1cc(F)cc(F)c1. The van der Waals surface area contributed by atoms with Crippen molar-refractivity contribution >= 4 is 23.5 Å². The van der Waals surface area contributed by atoms with Gasteiger partial charge in [0.15, 0.2) is 0 Å². The topological polar surface area (TPSA) is 62.2 Å². The molecule has 0 aliphatic rings. The molecule has 116 valence electrons. The molecule has 0 aliphatic heterocycles. The van der Waals surface area contributed by atoms with E-state index in [2.05, 4.69) is 10.3 Å². The fourth-order valence-corrected chi connectivity index (χ4v) is 2.45. The summed E-state index contributed by atoms with van der Waals surface area (Å²) in [4.78, 5) is 16.0. The third kappa shape index (κ3) is 4.78. The number of halogens is 2. The Morgan fingerprint density at radius 1 is 1.23 bits per heavy atom. The molecule has 0 atom stereocenters. The third-order valence-electron chi connectivity index (χ3n) is 2.70. The van der Waals surface area contributed by atoms with E-state index in [1.165, 1.54) is 6.20 Å². The van der Waals surface area contributed by atoms with Crippen LogP contribution in [0, 0.1) is 11.6 Å². The first-order chi connectivity index (χ1) is 10.6. The predicted octanol–water partition coefficient (Wildman–Crippen LogP) is 2.84. The molecule has 0 aliphatic carbocycles. The maximum atomic E-state index is 13.1. The normalized spacial score (nSPS) is 10.5. The highest BCUT2D eigenvalue weighted by molar-refractivity contribution is 7.98. The first-order valence-corrected chi connectivity index (χ1v) is 7.65. The molecule has 2 rings (SSSR count).